The monoisotopic (exact) mass is 639 g/mol. The van der Waals surface area contributed by atoms with Gasteiger partial charge in [0.1, 0.15) is 11.2 Å². The summed E-state index contributed by atoms with van der Waals surface area (Å²) >= 11 is 0. The van der Waals surface area contributed by atoms with Crippen LogP contribution >= 0.6 is 0 Å². The maximum absolute atomic E-state index is 6.49. The van der Waals surface area contributed by atoms with Crippen LogP contribution in [0.25, 0.3) is 94.5 Å². The minimum Gasteiger partial charge on any atom is -0.455 e. The molecule has 0 atom stereocenters. The molecule has 0 N–H and O–H groups in total. The van der Waals surface area contributed by atoms with E-state index in [4.69, 9.17) is 14.4 Å². The molecule has 3 aromatic heterocycles. The fraction of sp³-hybridized carbons (Fsp3) is 0. The van der Waals surface area contributed by atoms with Crippen LogP contribution in [0, 0.1) is 0 Å². The summed E-state index contributed by atoms with van der Waals surface area (Å²) in [6.07, 6.45) is 0. The molecule has 0 saturated carbocycles. The highest BCUT2D eigenvalue weighted by Gasteiger charge is 2.18. The fourth-order valence-electron chi connectivity index (χ4n) is 7.27. The van der Waals surface area contributed by atoms with Gasteiger partial charge in [0, 0.05) is 43.9 Å². The zero-order valence-corrected chi connectivity index (χ0v) is 27.0. The van der Waals surface area contributed by atoms with Crippen molar-refractivity contribution in [3.63, 3.8) is 0 Å². The minimum atomic E-state index is 0.662. The first-order valence-corrected chi connectivity index (χ1v) is 16.8. The molecule has 0 spiro atoms. The molecule has 0 unspecified atom stereocenters. The van der Waals surface area contributed by atoms with Crippen LogP contribution in [0.5, 0.6) is 0 Å². The second-order valence-electron chi connectivity index (χ2n) is 12.6. The predicted molar refractivity (Wildman–Crippen MR) is 205 cm³/mol. The van der Waals surface area contributed by atoms with Gasteiger partial charge in [0.05, 0.1) is 22.4 Å². The first-order chi connectivity index (χ1) is 24.8. The van der Waals surface area contributed by atoms with Crippen LogP contribution in [-0.4, -0.2) is 14.5 Å². The number of aromatic nitrogens is 3. The van der Waals surface area contributed by atoms with Gasteiger partial charge in [0.25, 0.3) is 0 Å². The molecule has 50 heavy (non-hydrogen) atoms. The molecule has 0 saturated heterocycles. The van der Waals surface area contributed by atoms with Crippen LogP contribution in [0.4, 0.5) is 0 Å². The third-order valence-corrected chi connectivity index (χ3v) is 9.62. The first-order valence-electron chi connectivity index (χ1n) is 16.8. The fourth-order valence-corrected chi connectivity index (χ4v) is 7.27. The smallest absolute Gasteiger partial charge is 0.160 e. The van der Waals surface area contributed by atoms with E-state index in [0.717, 1.165) is 72.3 Å². The summed E-state index contributed by atoms with van der Waals surface area (Å²) < 4.78 is 8.83. The van der Waals surface area contributed by atoms with Crippen molar-refractivity contribution in [2.75, 3.05) is 0 Å². The Hall–Kier alpha value is -6.78. The second kappa shape index (κ2) is 11.4. The van der Waals surface area contributed by atoms with Crippen LogP contribution in [0.3, 0.4) is 0 Å². The summed E-state index contributed by atoms with van der Waals surface area (Å²) in [5, 5.41) is 4.54. The lowest BCUT2D eigenvalue weighted by atomic mass is 10.0. The number of hydrogen-bond donors (Lipinski definition) is 0. The van der Waals surface area contributed by atoms with E-state index in [0.29, 0.717) is 5.82 Å². The standard InChI is InChI=1S/C46H29N3O/c1-3-13-30(14-4-1)31-15-11-16-33(27-31)46-47-40(29-41(48-46)38-22-12-21-37-36-20-8-10-24-44(36)50-45(37)38)32-25-26-43-39(28-32)35-19-7-9-23-42(35)49(43)34-17-5-2-6-18-34/h1-29H. The Bertz CT molecular complexity index is 2870. The third-order valence-electron chi connectivity index (χ3n) is 9.62. The summed E-state index contributed by atoms with van der Waals surface area (Å²) in [6, 6.07) is 61.3. The van der Waals surface area contributed by atoms with Gasteiger partial charge in [-0.2, -0.15) is 0 Å². The van der Waals surface area contributed by atoms with Gasteiger partial charge in [-0.05, 0) is 65.7 Å². The van der Waals surface area contributed by atoms with Gasteiger partial charge in [-0.1, -0.05) is 121 Å². The zero-order chi connectivity index (χ0) is 33.0. The van der Waals surface area contributed by atoms with Crippen molar-refractivity contribution in [3.05, 3.63) is 176 Å². The number of hydrogen-bond acceptors (Lipinski definition) is 3. The lowest BCUT2D eigenvalue weighted by Crippen LogP contribution is -1.97. The SMILES string of the molecule is c1ccc(-c2cccc(-c3nc(-c4ccc5c(c4)c4ccccc4n5-c4ccccc4)cc(-c4cccc5c4oc4ccccc45)n3)c2)cc1. The molecule has 10 rings (SSSR count). The second-order valence-corrected chi connectivity index (χ2v) is 12.6. The van der Waals surface area contributed by atoms with Gasteiger partial charge in [-0.3, -0.25) is 0 Å². The van der Waals surface area contributed by atoms with Crippen molar-refractivity contribution in [3.8, 4) is 50.7 Å². The van der Waals surface area contributed by atoms with Gasteiger partial charge in [-0.15, -0.1) is 0 Å². The number of nitrogens with zero attached hydrogens (tertiary/aromatic N) is 3. The van der Waals surface area contributed by atoms with Gasteiger partial charge < -0.3 is 8.98 Å². The average molecular weight is 640 g/mol. The lowest BCUT2D eigenvalue weighted by molar-refractivity contribution is 0.670. The molecular formula is C46H29N3O. The van der Waals surface area contributed by atoms with Crippen molar-refractivity contribution >= 4 is 43.7 Å². The Balaban J connectivity index is 1.21. The molecule has 0 bridgehead atoms. The van der Waals surface area contributed by atoms with E-state index in [2.05, 4.69) is 162 Å². The van der Waals surface area contributed by atoms with Gasteiger partial charge in [0.2, 0.25) is 0 Å². The summed E-state index contributed by atoms with van der Waals surface area (Å²) in [7, 11) is 0. The quantitative estimate of drug-likeness (QED) is 0.188. The van der Waals surface area contributed by atoms with Crippen molar-refractivity contribution in [1.82, 2.24) is 14.5 Å². The van der Waals surface area contributed by atoms with Crippen LogP contribution in [0.2, 0.25) is 0 Å². The molecule has 10 aromatic rings. The molecule has 7 aromatic carbocycles. The Morgan fingerprint density at radius 3 is 1.94 bits per heavy atom. The highest BCUT2D eigenvalue weighted by Crippen LogP contribution is 2.39. The lowest BCUT2D eigenvalue weighted by Gasteiger charge is -2.11. The Morgan fingerprint density at radius 2 is 1.06 bits per heavy atom. The molecule has 0 aliphatic heterocycles. The van der Waals surface area contributed by atoms with Crippen LogP contribution in [-0.2, 0) is 0 Å². The molecule has 0 fully saturated rings. The zero-order valence-electron chi connectivity index (χ0n) is 27.0. The highest BCUT2D eigenvalue weighted by atomic mass is 16.3. The first kappa shape index (κ1) is 28.3. The largest absolute Gasteiger partial charge is 0.455 e. The van der Waals surface area contributed by atoms with E-state index < -0.39 is 0 Å². The van der Waals surface area contributed by atoms with Gasteiger partial charge in [-0.25, -0.2) is 9.97 Å². The highest BCUT2D eigenvalue weighted by molar-refractivity contribution is 6.11. The Kier molecular flexibility index (Phi) is 6.46. The molecule has 0 radical (unpaired) electrons. The van der Waals surface area contributed by atoms with Crippen LogP contribution < -0.4 is 0 Å². The number of rotatable bonds is 5. The van der Waals surface area contributed by atoms with E-state index in [1.54, 1.807) is 0 Å². The maximum atomic E-state index is 6.49. The van der Waals surface area contributed by atoms with E-state index in [9.17, 15) is 0 Å². The molecule has 3 heterocycles. The van der Waals surface area contributed by atoms with E-state index in [-0.39, 0.29) is 0 Å². The van der Waals surface area contributed by atoms with Crippen LogP contribution in [0.15, 0.2) is 180 Å². The maximum Gasteiger partial charge on any atom is 0.160 e. The normalized spacial score (nSPS) is 11.6. The summed E-state index contributed by atoms with van der Waals surface area (Å²) in [4.78, 5) is 10.5. The van der Waals surface area contributed by atoms with Crippen molar-refractivity contribution < 1.29 is 4.42 Å². The molecule has 4 heteroatoms. The van der Waals surface area contributed by atoms with E-state index >= 15 is 0 Å². The molecule has 0 aliphatic rings. The van der Waals surface area contributed by atoms with Crippen molar-refractivity contribution in [2.24, 2.45) is 0 Å². The van der Waals surface area contributed by atoms with Gasteiger partial charge in [0.15, 0.2) is 5.82 Å². The van der Waals surface area contributed by atoms with Crippen LogP contribution in [0.1, 0.15) is 0 Å². The minimum absolute atomic E-state index is 0.662. The Morgan fingerprint density at radius 1 is 0.400 bits per heavy atom. The molecule has 0 aliphatic carbocycles. The summed E-state index contributed by atoms with van der Waals surface area (Å²) in [6.45, 7) is 0. The number of furan rings is 1. The molecular weight excluding hydrogens is 611 g/mol. The topological polar surface area (TPSA) is 43.9 Å². The predicted octanol–water partition coefficient (Wildman–Crippen LogP) is 12.1. The summed E-state index contributed by atoms with van der Waals surface area (Å²) in [5.41, 5.74) is 12.0. The average Bonchev–Trinajstić information content (AvgIpc) is 3.74. The van der Waals surface area contributed by atoms with E-state index in [1.165, 1.54) is 16.3 Å². The number of para-hydroxylation sites is 4. The summed E-state index contributed by atoms with van der Waals surface area (Å²) in [5.74, 6) is 0.662. The van der Waals surface area contributed by atoms with Crippen molar-refractivity contribution in [1.29, 1.82) is 0 Å². The van der Waals surface area contributed by atoms with E-state index in [1.807, 2.05) is 18.2 Å². The molecule has 0 amide bonds. The van der Waals surface area contributed by atoms with Gasteiger partial charge >= 0.3 is 0 Å². The molecule has 4 nitrogen and oxygen atoms in total. The third kappa shape index (κ3) is 4.61. The molecule has 234 valence electrons. The van der Waals surface area contributed by atoms with Crippen molar-refractivity contribution in [2.45, 2.75) is 0 Å². The Labute approximate surface area is 288 Å². The number of fused-ring (bicyclic) bond motifs is 6. The number of benzene rings is 7.